The molecule has 3 rings (SSSR count). The van der Waals surface area contributed by atoms with Crippen molar-refractivity contribution in [2.45, 2.75) is 44.7 Å². The molecule has 1 spiro atoms. The Labute approximate surface area is 163 Å². The maximum Gasteiger partial charge on any atom is 0.407 e. The number of hydrogen-bond acceptors (Lipinski definition) is 2. The molecule has 0 radical (unpaired) electrons. The summed E-state index contributed by atoms with van der Waals surface area (Å²) in [5.74, 6) is -1.10. The zero-order valence-corrected chi connectivity index (χ0v) is 14.6. The average Bonchev–Trinajstić information content (AvgIpc) is 2.89. The van der Waals surface area contributed by atoms with Crippen molar-refractivity contribution >= 4 is 29.3 Å². The second-order valence-corrected chi connectivity index (χ2v) is 7.07. The minimum atomic E-state index is -3.49. The molecule has 2 aliphatic heterocycles. The van der Waals surface area contributed by atoms with Crippen LogP contribution < -0.4 is 5.31 Å². The van der Waals surface area contributed by atoms with Crippen LogP contribution in [0.3, 0.4) is 0 Å². The molecule has 2 heterocycles. The van der Waals surface area contributed by atoms with Gasteiger partial charge >= 0.3 is 12.0 Å². The van der Waals surface area contributed by atoms with Crippen LogP contribution in [0.15, 0.2) is 24.3 Å². The Morgan fingerprint density at radius 2 is 2.08 bits per heavy atom. The maximum atomic E-state index is 13.4. The van der Waals surface area contributed by atoms with Crippen LogP contribution in [0.4, 0.5) is 4.79 Å². The van der Waals surface area contributed by atoms with E-state index < -0.39 is 49.0 Å². The molecule has 2 N–H and O–H groups in total. The number of carbonyl (C=O) groups excluding carboxylic acids is 1. The highest BCUT2D eigenvalue weighted by atomic mass is 35.5. The molecule has 2 aliphatic rings. The molecule has 1 aromatic carbocycles. The van der Waals surface area contributed by atoms with Crippen LogP contribution in [0.1, 0.15) is 48.7 Å². The van der Waals surface area contributed by atoms with E-state index in [-0.39, 0.29) is 21.5 Å². The van der Waals surface area contributed by atoms with Gasteiger partial charge in [0.2, 0.25) is 0 Å². The third-order valence-electron chi connectivity index (χ3n) is 3.74. The molecule has 0 bridgehead atoms. The monoisotopic (exact) mass is 372 g/mol. The number of piperidine rings is 1. The normalized spacial score (nSPS) is 38.1. The van der Waals surface area contributed by atoms with Crippen molar-refractivity contribution in [1.29, 1.82) is 0 Å². The fourth-order valence-electron chi connectivity index (χ4n) is 2.92. The van der Waals surface area contributed by atoms with E-state index in [0.717, 1.165) is 4.58 Å². The molecule has 2 atom stereocenters. The van der Waals surface area contributed by atoms with Crippen molar-refractivity contribution in [3.8, 4) is 0 Å². The lowest BCUT2D eigenvalue weighted by molar-refractivity contribution is -0.667. The summed E-state index contributed by atoms with van der Waals surface area (Å²) in [6.45, 7) is -2.33. The zero-order valence-electron chi connectivity index (χ0n) is 21.9. The number of halogens is 1. The third kappa shape index (κ3) is 3.11. The highest BCUT2D eigenvalue weighted by Crippen LogP contribution is 2.32. The molecule has 0 saturated carbocycles. The summed E-state index contributed by atoms with van der Waals surface area (Å²) in [7, 11) is 0. The summed E-state index contributed by atoms with van der Waals surface area (Å²) in [5, 5.41) is 10.1. The molecule has 2 amide bonds. The quantitative estimate of drug-likeness (QED) is 0.744. The number of amides is 2. The third-order valence-corrected chi connectivity index (χ3v) is 4.00. The Morgan fingerprint density at radius 3 is 2.64 bits per heavy atom. The predicted molar refractivity (Wildman–Crippen MR) is 95.3 cm³/mol. The van der Waals surface area contributed by atoms with Crippen LogP contribution in [0, 0.1) is 0 Å². The summed E-state index contributed by atoms with van der Waals surface area (Å²) < 4.78 is 68.6. The van der Waals surface area contributed by atoms with E-state index in [4.69, 9.17) is 22.6 Å². The van der Waals surface area contributed by atoms with Gasteiger partial charge in [-0.2, -0.15) is 4.58 Å². The van der Waals surface area contributed by atoms with E-state index in [9.17, 15) is 14.7 Å². The molecule has 6 nitrogen and oxygen atoms in total. The molecule has 1 aromatic rings. The molecule has 0 aliphatic carbocycles. The number of nitrogens with zero attached hydrogens (tertiary/aromatic N) is 2. The Hall–Kier alpha value is -2.08. The van der Waals surface area contributed by atoms with Crippen molar-refractivity contribution in [3.63, 3.8) is 0 Å². The number of nitrogens with one attached hydrogen (secondary N) is 1. The number of carbonyl (C=O) groups is 2. The van der Waals surface area contributed by atoms with Gasteiger partial charge in [0.15, 0.2) is 6.95 Å². The van der Waals surface area contributed by atoms with E-state index in [1.807, 2.05) is 0 Å². The number of benzene rings is 1. The fraction of sp³-hybridized carbons (Fsp3) is 0.500. The maximum absolute atomic E-state index is 13.4. The Bertz CT molecular complexity index is 1060. The molecular formula is C18H23ClN3O3+. The van der Waals surface area contributed by atoms with E-state index >= 15 is 0 Å². The zero-order chi connectivity index (χ0) is 25.5. The lowest BCUT2D eigenvalue weighted by atomic mass is 9.93. The van der Waals surface area contributed by atoms with Crippen LogP contribution in [-0.4, -0.2) is 56.5 Å². The second kappa shape index (κ2) is 6.02. The lowest BCUT2D eigenvalue weighted by Crippen LogP contribution is -2.64. The first-order valence-electron chi connectivity index (χ1n) is 11.5. The Morgan fingerprint density at radius 1 is 1.44 bits per heavy atom. The first-order valence-corrected chi connectivity index (χ1v) is 7.89. The van der Waals surface area contributed by atoms with Gasteiger partial charge in [0.05, 0.1) is 8.30 Å². The molecule has 2 unspecified atom stereocenters. The SMILES string of the molecule is [2H]C1C([2H])([2H])C([2H])([2H])N(C(=O)O)C([2H])([2H])C12N([2H])C(=O)C(c1ccc(Cl)cc1)=[N+]2C(C)(C)C. The highest BCUT2D eigenvalue weighted by molar-refractivity contribution is 6.44. The van der Waals surface area contributed by atoms with Crippen LogP contribution in [-0.2, 0) is 4.79 Å². The molecule has 1 fully saturated rings. The van der Waals surface area contributed by atoms with Crippen molar-refractivity contribution < 1.29 is 30.3 Å². The summed E-state index contributed by atoms with van der Waals surface area (Å²) in [6, 6.07) is 5.77. The fourth-order valence-corrected chi connectivity index (χ4v) is 3.05. The first kappa shape index (κ1) is 10.2. The van der Waals surface area contributed by atoms with Crippen molar-refractivity contribution in [2.75, 3.05) is 13.0 Å². The molecule has 7 heteroatoms. The summed E-state index contributed by atoms with van der Waals surface area (Å²) in [5.41, 5.74) is -4.21. The van der Waals surface area contributed by atoms with Gasteiger partial charge in [-0.3, -0.25) is 15.0 Å². The average molecular weight is 373 g/mol. The lowest BCUT2D eigenvalue weighted by Gasteiger charge is -2.39. The second-order valence-electron chi connectivity index (χ2n) is 6.64. The molecule has 134 valence electrons. The molecule has 1 saturated heterocycles. The van der Waals surface area contributed by atoms with Crippen LogP contribution in [0.5, 0.6) is 0 Å². The van der Waals surface area contributed by atoms with Gasteiger partial charge in [-0.25, -0.2) is 4.79 Å². The smallest absolute Gasteiger partial charge is 0.407 e. The van der Waals surface area contributed by atoms with Gasteiger partial charge in [-0.15, -0.1) is 0 Å². The number of carboxylic acid groups (broad SMARTS) is 1. The van der Waals surface area contributed by atoms with E-state index in [2.05, 4.69) is 0 Å². The van der Waals surface area contributed by atoms with Gasteiger partial charge < -0.3 is 5.11 Å². The number of rotatable bonds is 1. The highest BCUT2D eigenvalue weighted by Gasteiger charge is 2.59. The summed E-state index contributed by atoms with van der Waals surface area (Å²) >= 11 is 5.93. The Kier molecular flexibility index (Phi) is 2.45. The van der Waals surface area contributed by atoms with Crippen molar-refractivity contribution in [3.05, 3.63) is 34.9 Å². The first-order chi connectivity index (χ1) is 14.8. The van der Waals surface area contributed by atoms with Gasteiger partial charge in [0.25, 0.3) is 11.4 Å². The largest absolute Gasteiger partial charge is 0.465 e. The minimum absolute atomic E-state index is 0.0723. The van der Waals surface area contributed by atoms with E-state index in [1.165, 1.54) is 45.0 Å². The van der Waals surface area contributed by atoms with Gasteiger partial charge in [-0.1, -0.05) is 11.6 Å². The minimum Gasteiger partial charge on any atom is -0.465 e. The standard InChI is InChI=1S/C18H22ClN3O3/c1-17(2,3)22-14(12-5-7-13(19)8-6-12)15(23)20-18(22)9-4-10-21(11-18)16(24)25/h5-8H,4,9-11H2,1-3H3,(H-,20,23,24,25)/p+1/i4D2,9D,10D2,11D2/hD. The van der Waals surface area contributed by atoms with Crippen molar-refractivity contribution in [2.24, 2.45) is 0 Å². The van der Waals surface area contributed by atoms with Crippen LogP contribution >= 0.6 is 11.6 Å². The Balaban J connectivity index is 2.54. The number of likely N-dealkylation sites (tertiary alicyclic amines) is 1. The molecule has 0 aromatic heterocycles. The predicted octanol–water partition coefficient (Wildman–Crippen LogP) is 2.54. The van der Waals surface area contributed by atoms with E-state index in [1.54, 1.807) is 0 Å². The summed E-state index contributed by atoms with van der Waals surface area (Å²) in [6.07, 6.45) is -7.90. The topological polar surface area (TPSA) is 72.7 Å². The molecular weight excluding hydrogens is 342 g/mol. The van der Waals surface area contributed by atoms with Gasteiger partial charge in [0.1, 0.15) is 6.50 Å². The van der Waals surface area contributed by atoms with Gasteiger partial charge in [0, 0.05) is 24.8 Å². The van der Waals surface area contributed by atoms with E-state index in [0.29, 0.717) is 5.02 Å². The van der Waals surface area contributed by atoms with Crippen molar-refractivity contribution in [1.82, 2.24) is 10.2 Å². The van der Waals surface area contributed by atoms with Crippen LogP contribution in [0.2, 0.25) is 6.43 Å². The van der Waals surface area contributed by atoms with Gasteiger partial charge in [-0.05, 0) is 51.4 Å². The molecule has 25 heavy (non-hydrogen) atoms. The van der Waals surface area contributed by atoms with Crippen LogP contribution in [0.25, 0.3) is 0 Å². The number of hydrogen-bond donors (Lipinski definition) is 2. The summed E-state index contributed by atoms with van der Waals surface area (Å²) in [4.78, 5) is 25.1.